The van der Waals surface area contributed by atoms with Gasteiger partial charge in [0.05, 0.1) is 24.5 Å². The molecule has 1 amide bonds. The van der Waals surface area contributed by atoms with Gasteiger partial charge in [-0.2, -0.15) is 0 Å². The number of methoxy groups -OCH3 is 1. The van der Waals surface area contributed by atoms with E-state index in [1.807, 2.05) is 6.07 Å². The molecule has 0 aromatic heterocycles. The number of esters is 1. The van der Waals surface area contributed by atoms with Crippen molar-refractivity contribution < 1.29 is 22.7 Å². The zero-order valence-corrected chi connectivity index (χ0v) is 18.8. The minimum atomic E-state index is -3.69. The average Bonchev–Trinajstić information content (AvgIpc) is 3.56. The highest BCUT2D eigenvalue weighted by Crippen LogP contribution is 2.28. The molecule has 2 aromatic carbocycles. The molecule has 0 bridgehead atoms. The SMILES string of the molecule is COC(=O)CC(NC(=O)c1cccc(S(=O)(=O)NCC2CC2)c1)c1cccc(Br)c1. The summed E-state index contributed by atoms with van der Waals surface area (Å²) in [7, 11) is -2.41. The molecule has 7 nitrogen and oxygen atoms in total. The van der Waals surface area contributed by atoms with Crippen LogP contribution in [0.25, 0.3) is 0 Å². The van der Waals surface area contributed by atoms with E-state index >= 15 is 0 Å². The first kappa shape index (κ1) is 22.5. The standard InChI is InChI=1S/C21H23BrN2O5S/c1-29-20(25)12-19(15-4-2-6-17(22)10-15)24-21(26)16-5-3-7-18(11-16)30(27,28)23-13-14-8-9-14/h2-7,10-11,14,19,23H,8-9,12-13H2,1H3,(H,24,26). The molecular formula is C21H23BrN2O5S. The highest BCUT2D eigenvalue weighted by Gasteiger charge is 2.25. The minimum absolute atomic E-state index is 0.0303. The van der Waals surface area contributed by atoms with Crippen LogP contribution >= 0.6 is 15.9 Å². The number of nitrogens with one attached hydrogen (secondary N) is 2. The molecule has 0 heterocycles. The fourth-order valence-electron chi connectivity index (χ4n) is 2.90. The van der Waals surface area contributed by atoms with Crippen molar-refractivity contribution in [2.24, 2.45) is 5.92 Å². The lowest BCUT2D eigenvalue weighted by Gasteiger charge is -2.19. The van der Waals surface area contributed by atoms with Crippen LogP contribution in [0, 0.1) is 5.92 Å². The van der Waals surface area contributed by atoms with E-state index in [2.05, 4.69) is 26.0 Å². The molecule has 3 rings (SSSR count). The van der Waals surface area contributed by atoms with Gasteiger partial charge in [-0.05, 0) is 54.7 Å². The van der Waals surface area contributed by atoms with Gasteiger partial charge in [-0.3, -0.25) is 9.59 Å². The van der Waals surface area contributed by atoms with E-state index in [0.717, 1.165) is 22.9 Å². The monoisotopic (exact) mass is 494 g/mol. The lowest BCUT2D eigenvalue weighted by atomic mass is 10.0. The molecule has 1 atom stereocenters. The van der Waals surface area contributed by atoms with Gasteiger partial charge in [0.25, 0.3) is 5.91 Å². The van der Waals surface area contributed by atoms with Crippen molar-refractivity contribution in [1.29, 1.82) is 0 Å². The summed E-state index contributed by atoms with van der Waals surface area (Å²) in [6.07, 6.45) is 2.00. The van der Waals surface area contributed by atoms with Gasteiger partial charge in [-0.25, -0.2) is 13.1 Å². The Balaban J connectivity index is 1.78. The molecule has 1 aliphatic rings. The van der Waals surface area contributed by atoms with Crippen LogP contribution in [0.4, 0.5) is 0 Å². The smallest absolute Gasteiger partial charge is 0.307 e. The molecule has 30 heavy (non-hydrogen) atoms. The van der Waals surface area contributed by atoms with Gasteiger partial charge in [0.15, 0.2) is 0 Å². The van der Waals surface area contributed by atoms with Gasteiger partial charge in [0.2, 0.25) is 10.0 Å². The molecule has 1 unspecified atom stereocenters. The third kappa shape index (κ3) is 6.13. The van der Waals surface area contributed by atoms with E-state index in [1.54, 1.807) is 18.2 Å². The molecule has 0 saturated heterocycles. The Kier molecular flexibility index (Phi) is 7.27. The van der Waals surface area contributed by atoms with E-state index in [0.29, 0.717) is 12.5 Å². The second-order valence-corrected chi connectivity index (χ2v) is 9.87. The van der Waals surface area contributed by atoms with Crippen molar-refractivity contribution in [3.05, 3.63) is 64.1 Å². The lowest BCUT2D eigenvalue weighted by molar-refractivity contribution is -0.141. The summed E-state index contributed by atoms with van der Waals surface area (Å²) in [5.41, 5.74) is 0.909. The Morgan fingerprint density at radius 2 is 1.90 bits per heavy atom. The number of amides is 1. The van der Waals surface area contributed by atoms with Gasteiger partial charge in [0, 0.05) is 16.6 Å². The molecule has 0 aliphatic heterocycles. The van der Waals surface area contributed by atoms with Crippen molar-refractivity contribution in [3.63, 3.8) is 0 Å². The molecule has 0 spiro atoms. The van der Waals surface area contributed by atoms with Crippen LogP contribution in [0.2, 0.25) is 0 Å². The van der Waals surface area contributed by atoms with E-state index < -0.39 is 27.9 Å². The largest absolute Gasteiger partial charge is 0.469 e. The number of rotatable bonds is 9. The lowest BCUT2D eigenvalue weighted by Crippen LogP contribution is -2.31. The van der Waals surface area contributed by atoms with Crippen LogP contribution in [-0.2, 0) is 19.6 Å². The zero-order chi connectivity index (χ0) is 21.7. The number of sulfonamides is 1. The number of carbonyl (C=O) groups excluding carboxylic acids is 2. The van der Waals surface area contributed by atoms with Crippen molar-refractivity contribution in [3.8, 4) is 0 Å². The van der Waals surface area contributed by atoms with Gasteiger partial charge in [0.1, 0.15) is 0 Å². The maximum Gasteiger partial charge on any atom is 0.307 e. The first-order chi connectivity index (χ1) is 14.3. The van der Waals surface area contributed by atoms with Crippen LogP contribution in [0.15, 0.2) is 57.9 Å². The fraction of sp³-hybridized carbons (Fsp3) is 0.333. The number of ether oxygens (including phenoxy) is 1. The summed E-state index contributed by atoms with van der Waals surface area (Å²) < 4.78 is 33.1. The molecule has 1 aliphatic carbocycles. The van der Waals surface area contributed by atoms with Crippen LogP contribution in [0.1, 0.15) is 41.2 Å². The van der Waals surface area contributed by atoms with Crippen molar-refractivity contribution in [2.45, 2.75) is 30.2 Å². The number of hydrogen-bond donors (Lipinski definition) is 2. The predicted molar refractivity (Wildman–Crippen MR) is 115 cm³/mol. The number of benzene rings is 2. The summed E-state index contributed by atoms with van der Waals surface area (Å²) in [6, 6.07) is 12.4. The van der Waals surface area contributed by atoms with Crippen LogP contribution in [-0.4, -0.2) is 33.9 Å². The number of halogens is 1. The second-order valence-electron chi connectivity index (χ2n) is 7.18. The molecule has 2 N–H and O–H groups in total. The van der Waals surface area contributed by atoms with Gasteiger partial charge < -0.3 is 10.1 Å². The first-order valence-corrected chi connectivity index (χ1v) is 11.8. The first-order valence-electron chi connectivity index (χ1n) is 9.51. The third-order valence-electron chi connectivity index (χ3n) is 4.82. The highest BCUT2D eigenvalue weighted by molar-refractivity contribution is 9.10. The summed E-state index contributed by atoms with van der Waals surface area (Å²) in [5.74, 6) is -0.556. The molecule has 9 heteroatoms. The maximum absolute atomic E-state index is 12.8. The van der Waals surface area contributed by atoms with Crippen LogP contribution in [0.3, 0.4) is 0 Å². The minimum Gasteiger partial charge on any atom is -0.469 e. The number of carbonyl (C=O) groups is 2. The van der Waals surface area contributed by atoms with E-state index in [1.165, 1.54) is 31.4 Å². The zero-order valence-electron chi connectivity index (χ0n) is 16.4. The van der Waals surface area contributed by atoms with Crippen molar-refractivity contribution >= 4 is 37.8 Å². The number of hydrogen-bond acceptors (Lipinski definition) is 5. The second kappa shape index (κ2) is 9.72. The molecule has 0 radical (unpaired) electrons. The Hall–Kier alpha value is -2.23. The third-order valence-corrected chi connectivity index (χ3v) is 6.73. The van der Waals surface area contributed by atoms with E-state index in [4.69, 9.17) is 4.74 Å². The normalized spacial score (nSPS) is 14.7. The van der Waals surface area contributed by atoms with E-state index in [-0.39, 0.29) is 16.9 Å². The topological polar surface area (TPSA) is 102 Å². The van der Waals surface area contributed by atoms with Crippen molar-refractivity contribution in [2.75, 3.05) is 13.7 Å². The summed E-state index contributed by atoms with van der Waals surface area (Å²) in [4.78, 5) is 24.7. The maximum atomic E-state index is 12.8. The summed E-state index contributed by atoms with van der Waals surface area (Å²) in [6.45, 7) is 0.406. The average molecular weight is 495 g/mol. The quantitative estimate of drug-likeness (QED) is 0.521. The molecule has 2 aromatic rings. The van der Waals surface area contributed by atoms with Crippen LogP contribution in [0.5, 0.6) is 0 Å². The Labute approximate surface area is 184 Å². The summed E-state index contributed by atoms with van der Waals surface area (Å²) >= 11 is 3.38. The Bertz CT molecular complexity index is 1040. The Morgan fingerprint density at radius 3 is 2.57 bits per heavy atom. The molecule has 160 valence electrons. The molecular weight excluding hydrogens is 472 g/mol. The van der Waals surface area contributed by atoms with Crippen LogP contribution < -0.4 is 10.0 Å². The van der Waals surface area contributed by atoms with E-state index in [9.17, 15) is 18.0 Å². The van der Waals surface area contributed by atoms with Gasteiger partial charge in [-0.1, -0.05) is 34.1 Å². The predicted octanol–water partition coefficient (Wildman–Crippen LogP) is 3.17. The fourth-order valence-corrected chi connectivity index (χ4v) is 4.48. The van der Waals surface area contributed by atoms with Crippen molar-refractivity contribution in [1.82, 2.24) is 10.0 Å². The highest BCUT2D eigenvalue weighted by atomic mass is 79.9. The molecule has 1 saturated carbocycles. The Morgan fingerprint density at radius 1 is 1.17 bits per heavy atom. The van der Waals surface area contributed by atoms with Gasteiger partial charge in [-0.15, -0.1) is 0 Å². The molecule has 1 fully saturated rings. The van der Waals surface area contributed by atoms with Gasteiger partial charge >= 0.3 is 5.97 Å². The summed E-state index contributed by atoms with van der Waals surface area (Å²) in [5, 5.41) is 2.81.